The van der Waals surface area contributed by atoms with E-state index in [0.717, 1.165) is 39.1 Å². The second-order valence-corrected chi connectivity index (χ2v) is 7.02. The predicted octanol–water partition coefficient (Wildman–Crippen LogP) is 6.13. The van der Waals surface area contributed by atoms with Gasteiger partial charge in [0.2, 0.25) is 0 Å². The highest BCUT2D eigenvalue weighted by Gasteiger charge is 2.21. The van der Waals surface area contributed by atoms with Crippen LogP contribution in [0.3, 0.4) is 0 Å². The third kappa shape index (κ3) is 3.04. The third-order valence-electron chi connectivity index (χ3n) is 4.22. The minimum absolute atomic E-state index is 0.589. The molecular weight excluding hydrogens is 348 g/mol. The standard InChI is InChI=1S/C17H20BrClN2/c1-2-9-20-15-10-14(11-5-3-4-6-11)21-17-13(19)8-7-12(18)16(15)17/h7-8,10-11H,2-6,9H2,1H3,(H,20,21). The molecule has 0 aliphatic heterocycles. The van der Waals surface area contributed by atoms with Crippen molar-refractivity contribution in [2.45, 2.75) is 44.9 Å². The van der Waals surface area contributed by atoms with E-state index in [2.05, 4.69) is 34.2 Å². The number of halogens is 2. The van der Waals surface area contributed by atoms with Gasteiger partial charge in [-0.15, -0.1) is 0 Å². The highest BCUT2D eigenvalue weighted by Crippen LogP contribution is 2.39. The summed E-state index contributed by atoms with van der Waals surface area (Å²) in [6.07, 6.45) is 6.22. The zero-order valence-electron chi connectivity index (χ0n) is 12.3. The molecule has 2 nitrogen and oxygen atoms in total. The Balaban J connectivity index is 2.16. The Morgan fingerprint density at radius 3 is 2.81 bits per heavy atom. The Kier molecular flexibility index (Phi) is 4.70. The third-order valence-corrected chi connectivity index (χ3v) is 5.19. The molecule has 0 saturated heterocycles. The van der Waals surface area contributed by atoms with Crippen LogP contribution in [-0.4, -0.2) is 11.5 Å². The highest BCUT2D eigenvalue weighted by molar-refractivity contribution is 9.10. The number of nitrogens with zero attached hydrogens (tertiary/aromatic N) is 1. The van der Waals surface area contributed by atoms with Crippen LogP contribution in [0.4, 0.5) is 5.69 Å². The molecule has 21 heavy (non-hydrogen) atoms. The van der Waals surface area contributed by atoms with Crippen LogP contribution >= 0.6 is 27.5 Å². The van der Waals surface area contributed by atoms with Gasteiger partial charge < -0.3 is 5.32 Å². The topological polar surface area (TPSA) is 24.9 Å². The van der Waals surface area contributed by atoms with Gasteiger partial charge in [0.05, 0.1) is 10.5 Å². The molecule has 3 rings (SSSR count). The van der Waals surface area contributed by atoms with E-state index in [1.54, 1.807) is 0 Å². The van der Waals surface area contributed by atoms with Crippen LogP contribution in [0.25, 0.3) is 10.9 Å². The van der Waals surface area contributed by atoms with Crippen molar-refractivity contribution in [1.82, 2.24) is 4.98 Å². The first-order valence-corrected chi connectivity index (χ1v) is 8.90. The molecule has 112 valence electrons. The lowest BCUT2D eigenvalue weighted by molar-refractivity contribution is 0.701. The van der Waals surface area contributed by atoms with Gasteiger partial charge in [-0.05, 0) is 37.5 Å². The molecule has 1 heterocycles. The summed E-state index contributed by atoms with van der Waals surface area (Å²) in [7, 11) is 0. The lowest BCUT2D eigenvalue weighted by atomic mass is 10.0. The lowest BCUT2D eigenvalue weighted by Crippen LogP contribution is -2.05. The number of hydrogen-bond donors (Lipinski definition) is 1. The number of anilines is 1. The molecule has 0 atom stereocenters. The second-order valence-electron chi connectivity index (χ2n) is 5.76. The fourth-order valence-electron chi connectivity index (χ4n) is 3.12. The summed E-state index contributed by atoms with van der Waals surface area (Å²) in [5, 5.41) is 5.36. The molecule has 1 N–H and O–H groups in total. The van der Waals surface area contributed by atoms with Crippen molar-refractivity contribution in [2.75, 3.05) is 11.9 Å². The second kappa shape index (κ2) is 6.53. The molecule has 0 bridgehead atoms. The van der Waals surface area contributed by atoms with E-state index < -0.39 is 0 Å². The molecule has 0 radical (unpaired) electrons. The van der Waals surface area contributed by atoms with E-state index in [1.807, 2.05) is 12.1 Å². The number of aromatic nitrogens is 1. The number of pyridine rings is 1. The molecule has 2 aromatic rings. The van der Waals surface area contributed by atoms with Gasteiger partial charge in [0.1, 0.15) is 0 Å². The summed E-state index contributed by atoms with van der Waals surface area (Å²) in [4.78, 5) is 4.88. The van der Waals surface area contributed by atoms with Gasteiger partial charge in [-0.3, -0.25) is 4.98 Å². The fourth-order valence-corrected chi connectivity index (χ4v) is 3.85. The minimum Gasteiger partial charge on any atom is -0.384 e. The van der Waals surface area contributed by atoms with Crippen molar-refractivity contribution in [3.05, 3.63) is 33.4 Å². The smallest absolute Gasteiger partial charge is 0.0923 e. The van der Waals surface area contributed by atoms with Crippen molar-refractivity contribution >= 4 is 44.1 Å². The minimum atomic E-state index is 0.589. The summed E-state index contributed by atoms with van der Waals surface area (Å²) >= 11 is 10.0. The van der Waals surface area contributed by atoms with E-state index in [4.69, 9.17) is 16.6 Å². The van der Waals surface area contributed by atoms with Gasteiger partial charge in [-0.2, -0.15) is 0 Å². The Labute approximate surface area is 139 Å². The van der Waals surface area contributed by atoms with Crippen molar-refractivity contribution < 1.29 is 0 Å². The van der Waals surface area contributed by atoms with Crippen LogP contribution in [0.5, 0.6) is 0 Å². The maximum atomic E-state index is 6.40. The summed E-state index contributed by atoms with van der Waals surface area (Å²) in [5.74, 6) is 0.589. The van der Waals surface area contributed by atoms with Gasteiger partial charge in [0.25, 0.3) is 0 Å². The van der Waals surface area contributed by atoms with E-state index in [-0.39, 0.29) is 0 Å². The van der Waals surface area contributed by atoms with E-state index >= 15 is 0 Å². The monoisotopic (exact) mass is 366 g/mol. The summed E-state index contributed by atoms with van der Waals surface area (Å²) in [5.41, 5.74) is 3.26. The zero-order chi connectivity index (χ0) is 14.8. The number of benzene rings is 1. The molecule has 0 unspecified atom stereocenters. The largest absolute Gasteiger partial charge is 0.384 e. The van der Waals surface area contributed by atoms with Crippen LogP contribution in [0.1, 0.15) is 50.6 Å². The van der Waals surface area contributed by atoms with E-state index in [1.165, 1.54) is 31.4 Å². The Hall–Kier alpha value is -0.800. The predicted molar refractivity (Wildman–Crippen MR) is 94.4 cm³/mol. The maximum Gasteiger partial charge on any atom is 0.0923 e. The zero-order valence-corrected chi connectivity index (χ0v) is 14.6. The first-order valence-electron chi connectivity index (χ1n) is 7.73. The molecule has 0 spiro atoms. The van der Waals surface area contributed by atoms with Gasteiger partial charge >= 0.3 is 0 Å². The number of hydrogen-bond acceptors (Lipinski definition) is 2. The van der Waals surface area contributed by atoms with Crippen molar-refractivity contribution in [3.8, 4) is 0 Å². The van der Waals surface area contributed by atoms with Crippen LogP contribution in [0.15, 0.2) is 22.7 Å². The van der Waals surface area contributed by atoms with Crippen molar-refractivity contribution in [2.24, 2.45) is 0 Å². The van der Waals surface area contributed by atoms with Crippen LogP contribution < -0.4 is 5.32 Å². The SMILES string of the molecule is CCCNc1cc(C2CCCC2)nc2c(Cl)ccc(Br)c12. The average Bonchev–Trinajstić information content (AvgIpc) is 3.02. The molecule has 1 saturated carbocycles. The van der Waals surface area contributed by atoms with Gasteiger partial charge in [0, 0.05) is 33.7 Å². The maximum absolute atomic E-state index is 6.40. The first kappa shape index (κ1) is 15.1. The van der Waals surface area contributed by atoms with Crippen molar-refractivity contribution in [3.63, 3.8) is 0 Å². The normalized spacial score (nSPS) is 15.8. The molecule has 4 heteroatoms. The van der Waals surface area contributed by atoms with Gasteiger partial charge in [0.15, 0.2) is 0 Å². The van der Waals surface area contributed by atoms with E-state index in [0.29, 0.717) is 5.92 Å². The Morgan fingerprint density at radius 2 is 2.10 bits per heavy atom. The average molecular weight is 368 g/mol. The molecule has 1 aromatic heterocycles. The molecule has 0 amide bonds. The quantitative estimate of drug-likeness (QED) is 0.703. The summed E-state index contributed by atoms with van der Waals surface area (Å²) in [6, 6.07) is 6.15. The van der Waals surface area contributed by atoms with Crippen LogP contribution in [0, 0.1) is 0 Å². The van der Waals surface area contributed by atoms with Crippen LogP contribution in [-0.2, 0) is 0 Å². The van der Waals surface area contributed by atoms with Gasteiger partial charge in [-0.25, -0.2) is 0 Å². The summed E-state index contributed by atoms with van der Waals surface area (Å²) < 4.78 is 1.05. The highest BCUT2D eigenvalue weighted by atomic mass is 79.9. The molecule has 1 aliphatic rings. The number of nitrogens with one attached hydrogen (secondary N) is 1. The van der Waals surface area contributed by atoms with Gasteiger partial charge in [-0.1, -0.05) is 47.3 Å². The summed E-state index contributed by atoms with van der Waals surface area (Å²) in [6.45, 7) is 3.14. The molecule has 1 aliphatic carbocycles. The fraction of sp³-hybridized carbons (Fsp3) is 0.471. The Bertz CT molecular complexity index is 651. The molecule has 1 aromatic carbocycles. The number of rotatable bonds is 4. The lowest BCUT2D eigenvalue weighted by Gasteiger charge is -2.16. The Morgan fingerprint density at radius 1 is 1.33 bits per heavy atom. The van der Waals surface area contributed by atoms with E-state index in [9.17, 15) is 0 Å². The van der Waals surface area contributed by atoms with Crippen molar-refractivity contribution in [1.29, 1.82) is 0 Å². The van der Waals surface area contributed by atoms with Crippen LogP contribution in [0.2, 0.25) is 5.02 Å². The number of fused-ring (bicyclic) bond motifs is 1. The first-order chi connectivity index (χ1) is 10.2. The molecular formula is C17H20BrClN2. The molecule has 1 fully saturated rings.